The molecule has 5 heteroatoms. The molecule has 1 atom stereocenters. The first-order chi connectivity index (χ1) is 9.15. The van der Waals surface area contributed by atoms with E-state index in [2.05, 4.69) is 0 Å². The zero-order valence-corrected chi connectivity index (χ0v) is 10.4. The van der Waals surface area contributed by atoms with Crippen LogP contribution < -0.4 is 5.73 Å². The predicted molar refractivity (Wildman–Crippen MR) is 69.2 cm³/mol. The van der Waals surface area contributed by atoms with Crippen molar-refractivity contribution in [2.75, 3.05) is 7.05 Å². The molecule has 0 bridgehead atoms. The topological polar surface area (TPSA) is 68.5 Å². The van der Waals surface area contributed by atoms with Crippen LogP contribution in [0.25, 0.3) is 6.08 Å². The van der Waals surface area contributed by atoms with Crippen LogP contribution in [0.3, 0.4) is 0 Å². The SMILES string of the molecule is C[N+]1=C2C=CC(N)=CC2O/C(=C/c2ccco2)C1=O. The summed E-state index contributed by atoms with van der Waals surface area (Å²) in [4.78, 5) is 12.2. The number of fused-ring (bicyclic) bond motifs is 1. The lowest BCUT2D eigenvalue weighted by Gasteiger charge is -2.21. The number of allylic oxidation sites excluding steroid dienone is 1. The minimum absolute atomic E-state index is 0.207. The predicted octanol–water partition coefficient (Wildman–Crippen LogP) is 1.04. The molecule has 0 saturated carbocycles. The van der Waals surface area contributed by atoms with Crippen LogP contribution >= 0.6 is 0 Å². The Morgan fingerprint density at radius 1 is 1.42 bits per heavy atom. The summed E-state index contributed by atoms with van der Waals surface area (Å²) < 4.78 is 12.4. The van der Waals surface area contributed by atoms with Crippen LogP contribution in [0.2, 0.25) is 0 Å². The van der Waals surface area contributed by atoms with Crippen molar-refractivity contribution in [2.45, 2.75) is 6.10 Å². The molecule has 2 aliphatic rings. The highest BCUT2D eigenvalue weighted by atomic mass is 16.5. The Hall–Kier alpha value is -2.56. The maximum absolute atomic E-state index is 12.2. The second-order valence-corrected chi connectivity index (χ2v) is 4.35. The fourth-order valence-corrected chi connectivity index (χ4v) is 2.06. The zero-order valence-electron chi connectivity index (χ0n) is 10.4. The lowest BCUT2D eigenvalue weighted by Crippen LogP contribution is -2.41. The van der Waals surface area contributed by atoms with E-state index >= 15 is 0 Å². The minimum atomic E-state index is -0.339. The fourth-order valence-electron chi connectivity index (χ4n) is 2.06. The van der Waals surface area contributed by atoms with Crippen LogP contribution in [0.4, 0.5) is 0 Å². The smallest absolute Gasteiger partial charge is 0.454 e. The molecule has 19 heavy (non-hydrogen) atoms. The van der Waals surface area contributed by atoms with E-state index < -0.39 is 0 Å². The monoisotopic (exact) mass is 257 g/mol. The number of likely N-dealkylation sites (N-methyl/N-ethyl adjacent to an activating group) is 1. The molecule has 1 amide bonds. The Balaban J connectivity index is 2.02. The van der Waals surface area contributed by atoms with Gasteiger partial charge in [-0.3, -0.25) is 0 Å². The van der Waals surface area contributed by atoms with Gasteiger partial charge in [0.2, 0.25) is 17.6 Å². The number of hydrogen-bond donors (Lipinski definition) is 1. The highest BCUT2D eigenvalue weighted by Crippen LogP contribution is 2.20. The first-order valence-electron chi connectivity index (χ1n) is 5.87. The van der Waals surface area contributed by atoms with Crippen molar-refractivity contribution in [1.82, 2.24) is 0 Å². The molecule has 0 spiro atoms. The van der Waals surface area contributed by atoms with Gasteiger partial charge in [-0.05, 0) is 24.3 Å². The molecule has 1 unspecified atom stereocenters. The van der Waals surface area contributed by atoms with Crippen LogP contribution in [-0.4, -0.2) is 29.3 Å². The average molecular weight is 257 g/mol. The maximum atomic E-state index is 12.2. The average Bonchev–Trinajstić information content (AvgIpc) is 2.88. The van der Waals surface area contributed by atoms with E-state index in [0.717, 1.165) is 5.71 Å². The van der Waals surface area contributed by atoms with E-state index in [1.54, 1.807) is 54.3 Å². The molecule has 1 aliphatic carbocycles. The molecule has 96 valence electrons. The van der Waals surface area contributed by atoms with Crippen molar-refractivity contribution >= 4 is 17.7 Å². The number of carbonyl (C=O) groups is 1. The molecule has 0 radical (unpaired) electrons. The second-order valence-electron chi connectivity index (χ2n) is 4.35. The quantitative estimate of drug-likeness (QED) is 0.603. The third-order valence-electron chi connectivity index (χ3n) is 3.06. The number of furan rings is 1. The fraction of sp³-hybridized carbons (Fsp3) is 0.143. The number of hydrogen-bond acceptors (Lipinski definition) is 4. The first kappa shape index (κ1) is 11.5. The zero-order chi connectivity index (χ0) is 13.4. The summed E-state index contributed by atoms with van der Waals surface area (Å²) in [6.45, 7) is 0. The summed E-state index contributed by atoms with van der Waals surface area (Å²) in [6, 6.07) is 3.51. The van der Waals surface area contributed by atoms with Crippen LogP contribution in [0.5, 0.6) is 0 Å². The Morgan fingerprint density at radius 2 is 2.26 bits per heavy atom. The van der Waals surface area contributed by atoms with Gasteiger partial charge in [0.05, 0.1) is 6.26 Å². The maximum Gasteiger partial charge on any atom is 0.454 e. The van der Waals surface area contributed by atoms with E-state index in [1.807, 2.05) is 0 Å². The molecule has 2 heterocycles. The number of carbonyl (C=O) groups excluding carboxylic acids is 1. The van der Waals surface area contributed by atoms with E-state index in [4.69, 9.17) is 14.9 Å². The van der Waals surface area contributed by atoms with Crippen molar-refractivity contribution in [3.63, 3.8) is 0 Å². The van der Waals surface area contributed by atoms with E-state index in [0.29, 0.717) is 11.5 Å². The van der Waals surface area contributed by atoms with Crippen LogP contribution in [0, 0.1) is 0 Å². The van der Waals surface area contributed by atoms with Gasteiger partial charge in [0, 0.05) is 17.8 Å². The summed E-state index contributed by atoms with van der Waals surface area (Å²) >= 11 is 0. The van der Waals surface area contributed by atoms with Gasteiger partial charge in [-0.1, -0.05) is 0 Å². The highest BCUT2D eigenvalue weighted by Gasteiger charge is 2.38. The molecule has 1 aliphatic heterocycles. The summed E-state index contributed by atoms with van der Waals surface area (Å²) in [7, 11) is 1.71. The van der Waals surface area contributed by atoms with E-state index in [-0.39, 0.29) is 17.8 Å². The molecule has 2 N–H and O–H groups in total. The molecule has 5 nitrogen and oxygen atoms in total. The van der Waals surface area contributed by atoms with Gasteiger partial charge in [-0.25, -0.2) is 4.79 Å². The van der Waals surface area contributed by atoms with Crippen LogP contribution in [0.1, 0.15) is 5.76 Å². The third-order valence-corrected chi connectivity index (χ3v) is 3.06. The molecule has 0 fully saturated rings. The van der Waals surface area contributed by atoms with E-state index in [1.165, 1.54) is 0 Å². The highest BCUT2D eigenvalue weighted by molar-refractivity contribution is 6.05. The largest absolute Gasteiger partial charge is 0.465 e. The Labute approximate surface area is 110 Å². The summed E-state index contributed by atoms with van der Waals surface area (Å²) in [5.41, 5.74) is 7.14. The molecule has 3 rings (SSSR count). The van der Waals surface area contributed by atoms with Crippen molar-refractivity contribution in [2.24, 2.45) is 5.73 Å². The Bertz CT molecular complexity index is 648. The Morgan fingerprint density at radius 3 is 3.00 bits per heavy atom. The van der Waals surface area contributed by atoms with Gasteiger partial charge in [-0.2, -0.15) is 4.58 Å². The van der Waals surface area contributed by atoms with Gasteiger partial charge in [0.25, 0.3) is 0 Å². The van der Waals surface area contributed by atoms with Gasteiger partial charge in [0.1, 0.15) is 12.8 Å². The van der Waals surface area contributed by atoms with Crippen molar-refractivity contribution in [3.8, 4) is 0 Å². The molecule has 0 saturated heterocycles. The lowest BCUT2D eigenvalue weighted by molar-refractivity contribution is -0.424. The molecular formula is C14H13N2O3+. The third kappa shape index (κ3) is 1.99. The van der Waals surface area contributed by atoms with Crippen molar-refractivity contribution < 1.29 is 18.5 Å². The van der Waals surface area contributed by atoms with E-state index in [9.17, 15) is 4.79 Å². The number of amides is 1. The van der Waals surface area contributed by atoms with Crippen molar-refractivity contribution in [3.05, 3.63) is 53.8 Å². The Kier molecular flexibility index (Phi) is 2.59. The van der Waals surface area contributed by atoms with Crippen molar-refractivity contribution in [1.29, 1.82) is 0 Å². The molecule has 1 aromatic rings. The second kappa shape index (κ2) is 4.28. The van der Waals surface area contributed by atoms with Gasteiger partial charge < -0.3 is 14.9 Å². The van der Waals surface area contributed by atoms with Crippen LogP contribution in [-0.2, 0) is 9.53 Å². The number of nitrogens with zero attached hydrogens (tertiary/aromatic N) is 1. The molecule has 0 aromatic carbocycles. The van der Waals surface area contributed by atoms with Gasteiger partial charge >= 0.3 is 5.91 Å². The molecule has 1 aromatic heterocycles. The number of ether oxygens (including phenoxy) is 1. The standard InChI is InChI=1S/C14H13N2O3/c1-16-11-5-4-9(15)7-12(11)19-13(14(16)17)8-10-3-2-6-18-10/h2-8,12H,15H2,1H3/q+1/b13-8+. The normalized spacial score (nSPS) is 24.3. The number of nitrogens with two attached hydrogens (primary N) is 1. The molecular weight excluding hydrogens is 244 g/mol. The van der Waals surface area contributed by atoms with Gasteiger partial charge in [-0.15, -0.1) is 0 Å². The number of rotatable bonds is 1. The minimum Gasteiger partial charge on any atom is -0.465 e. The lowest BCUT2D eigenvalue weighted by atomic mass is 10.0. The van der Waals surface area contributed by atoms with Crippen LogP contribution in [0.15, 0.2) is 52.5 Å². The summed E-state index contributed by atoms with van der Waals surface area (Å²) in [5.74, 6) is 0.607. The van der Waals surface area contributed by atoms with Gasteiger partial charge in [0.15, 0.2) is 0 Å². The summed E-state index contributed by atoms with van der Waals surface area (Å²) in [6.07, 6.45) is 8.10. The first-order valence-corrected chi connectivity index (χ1v) is 5.87. The summed E-state index contributed by atoms with van der Waals surface area (Å²) in [5, 5.41) is 0.